The Morgan fingerprint density at radius 2 is 1.76 bits per heavy atom. The number of methoxy groups -OCH3 is 1. The van der Waals surface area contributed by atoms with E-state index in [-0.39, 0.29) is 6.03 Å². The van der Waals surface area contributed by atoms with Crippen LogP contribution in [0.4, 0.5) is 10.5 Å². The number of rotatable bonds is 6. The van der Waals surface area contributed by atoms with Gasteiger partial charge in [-0.3, -0.25) is 0 Å². The lowest BCUT2D eigenvalue weighted by molar-refractivity contribution is 0.247. The Labute approximate surface area is 153 Å². The summed E-state index contributed by atoms with van der Waals surface area (Å²) >= 11 is 5.94. The molecule has 0 aliphatic carbocycles. The minimum Gasteiger partial charge on any atom is -0.495 e. The molecule has 6 heteroatoms. The normalized spacial score (nSPS) is 10.3. The van der Waals surface area contributed by atoms with Crippen LogP contribution in [0.1, 0.15) is 16.7 Å². The Morgan fingerprint density at radius 3 is 2.48 bits per heavy atom. The first kappa shape index (κ1) is 18.9. The van der Waals surface area contributed by atoms with Crippen molar-refractivity contribution < 1.29 is 14.3 Å². The molecule has 25 heavy (non-hydrogen) atoms. The van der Waals surface area contributed by atoms with Gasteiger partial charge in [0, 0.05) is 5.02 Å². The molecule has 0 bridgehead atoms. The lowest BCUT2D eigenvalue weighted by atomic mass is 10.1. The topological polar surface area (TPSA) is 59.6 Å². The van der Waals surface area contributed by atoms with Crippen LogP contribution >= 0.6 is 11.6 Å². The van der Waals surface area contributed by atoms with Crippen molar-refractivity contribution >= 4 is 23.3 Å². The summed E-state index contributed by atoms with van der Waals surface area (Å²) in [5.74, 6) is 1.38. The summed E-state index contributed by atoms with van der Waals surface area (Å²) in [6.45, 7) is 6.88. The second kappa shape index (κ2) is 8.62. The molecule has 0 aromatic heterocycles. The second-order valence-corrected chi connectivity index (χ2v) is 6.21. The molecule has 0 fully saturated rings. The third-order valence-corrected chi connectivity index (χ3v) is 4.08. The molecule has 0 atom stereocenters. The zero-order chi connectivity index (χ0) is 18.4. The Morgan fingerprint density at radius 1 is 1.04 bits per heavy atom. The monoisotopic (exact) mass is 362 g/mol. The number of carbonyl (C=O) groups excluding carboxylic acids is 1. The third kappa shape index (κ3) is 5.29. The van der Waals surface area contributed by atoms with Gasteiger partial charge in [-0.2, -0.15) is 0 Å². The van der Waals surface area contributed by atoms with Crippen LogP contribution in [0.2, 0.25) is 5.02 Å². The van der Waals surface area contributed by atoms with Crippen LogP contribution in [0.25, 0.3) is 0 Å². The van der Waals surface area contributed by atoms with Crippen molar-refractivity contribution in [1.82, 2.24) is 5.32 Å². The van der Waals surface area contributed by atoms with E-state index < -0.39 is 0 Å². The maximum atomic E-state index is 12.0. The van der Waals surface area contributed by atoms with Gasteiger partial charge in [0.05, 0.1) is 19.3 Å². The first-order chi connectivity index (χ1) is 11.9. The molecule has 2 aromatic carbocycles. The molecule has 0 aliphatic heterocycles. The Bertz CT molecular complexity index is 763. The lowest BCUT2D eigenvalue weighted by Gasteiger charge is -2.13. The molecule has 0 saturated carbocycles. The number of aryl methyl sites for hydroxylation is 3. The number of hydrogen-bond acceptors (Lipinski definition) is 3. The average molecular weight is 363 g/mol. The van der Waals surface area contributed by atoms with Gasteiger partial charge in [-0.05, 0) is 61.7 Å². The fraction of sp³-hybridized carbons (Fsp3) is 0.316. The van der Waals surface area contributed by atoms with Crippen LogP contribution in [0.3, 0.4) is 0 Å². The van der Waals surface area contributed by atoms with Crippen LogP contribution in [0.15, 0.2) is 30.3 Å². The van der Waals surface area contributed by atoms with Crippen LogP contribution in [0, 0.1) is 20.8 Å². The van der Waals surface area contributed by atoms with E-state index in [0.717, 1.165) is 11.3 Å². The van der Waals surface area contributed by atoms with Gasteiger partial charge in [-0.1, -0.05) is 17.7 Å². The predicted molar refractivity (Wildman–Crippen MR) is 101 cm³/mol. The highest BCUT2D eigenvalue weighted by Gasteiger charge is 2.08. The SMILES string of the molecule is COc1ccc(Cl)cc1NC(=O)NCCOc1cc(C)c(C)cc1C. The van der Waals surface area contributed by atoms with Gasteiger partial charge in [-0.25, -0.2) is 4.79 Å². The van der Waals surface area contributed by atoms with Crippen LogP contribution in [0.5, 0.6) is 11.5 Å². The molecule has 0 saturated heterocycles. The van der Waals surface area contributed by atoms with Crippen molar-refractivity contribution in [2.24, 2.45) is 0 Å². The molecule has 0 unspecified atom stereocenters. The number of hydrogen-bond donors (Lipinski definition) is 2. The second-order valence-electron chi connectivity index (χ2n) is 5.78. The van der Waals surface area contributed by atoms with Gasteiger partial charge >= 0.3 is 6.03 Å². The van der Waals surface area contributed by atoms with E-state index in [1.54, 1.807) is 18.2 Å². The van der Waals surface area contributed by atoms with Crippen molar-refractivity contribution in [3.8, 4) is 11.5 Å². The van der Waals surface area contributed by atoms with Gasteiger partial charge in [0.2, 0.25) is 0 Å². The molecular formula is C19H23ClN2O3. The Balaban J connectivity index is 1.83. The van der Waals surface area contributed by atoms with Gasteiger partial charge in [-0.15, -0.1) is 0 Å². The maximum Gasteiger partial charge on any atom is 0.319 e. The molecule has 0 aliphatic rings. The number of ether oxygens (including phenoxy) is 2. The molecule has 2 aromatic rings. The largest absolute Gasteiger partial charge is 0.495 e. The number of benzene rings is 2. The quantitative estimate of drug-likeness (QED) is 0.745. The molecule has 2 N–H and O–H groups in total. The van der Waals surface area contributed by atoms with Gasteiger partial charge in [0.1, 0.15) is 18.1 Å². The number of anilines is 1. The van der Waals surface area contributed by atoms with Crippen molar-refractivity contribution in [3.05, 3.63) is 52.0 Å². The third-order valence-electron chi connectivity index (χ3n) is 3.85. The summed E-state index contributed by atoms with van der Waals surface area (Å²) in [5.41, 5.74) is 4.01. The lowest BCUT2D eigenvalue weighted by Crippen LogP contribution is -2.32. The van der Waals surface area contributed by atoms with Crippen molar-refractivity contribution in [3.63, 3.8) is 0 Å². The summed E-state index contributed by atoms with van der Waals surface area (Å²) in [4.78, 5) is 12.0. The Hall–Kier alpha value is -2.40. The van der Waals surface area contributed by atoms with E-state index in [1.165, 1.54) is 18.2 Å². The first-order valence-corrected chi connectivity index (χ1v) is 8.37. The van der Waals surface area contributed by atoms with E-state index >= 15 is 0 Å². The number of nitrogens with one attached hydrogen (secondary N) is 2. The van der Waals surface area contributed by atoms with E-state index in [9.17, 15) is 4.79 Å². The number of urea groups is 1. The molecular weight excluding hydrogens is 340 g/mol. The summed E-state index contributed by atoms with van der Waals surface area (Å²) in [6, 6.07) is 8.79. The van der Waals surface area contributed by atoms with E-state index in [2.05, 4.69) is 23.6 Å². The van der Waals surface area contributed by atoms with E-state index in [1.807, 2.05) is 19.9 Å². The van der Waals surface area contributed by atoms with E-state index in [4.69, 9.17) is 21.1 Å². The fourth-order valence-electron chi connectivity index (χ4n) is 2.36. The molecule has 2 amide bonds. The van der Waals surface area contributed by atoms with Crippen LogP contribution in [-0.2, 0) is 0 Å². The zero-order valence-corrected chi connectivity index (χ0v) is 15.7. The highest BCUT2D eigenvalue weighted by molar-refractivity contribution is 6.31. The summed E-state index contributed by atoms with van der Waals surface area (Å²) in [5, 5.41) is 5.98. The number of carbonyl (C=O) groups is 1. The van der Waals surface area contributed by atoms with Crippen molar-refractivity contribution in [2.45, 2.75) is 20.8 Å². The van der Waals surface area contributed by atoms with Gasteiger partial charge < -0.3 is 20.1 Å². The predicted octanol–water partition coefficient (Wildman–Crippen LogP) is 4.47. The zero-order valence-electron chi connectivity index (χ0n) is 14.9. The van der Waals surface area contributed by atoms with Gasteiger partial charge in [0.15, 0.2) is 0 Å². The van der Waals surface area contributed by atoms with Crippen molar-refractivity contribution in [2.75, 3.05) is 25.6 Å². The highest BCUT2D eigenvalue weighted by atomic mass is 35.5. The number of halogens is 1. The summed E-state index contributed by atoms with van der Waals surface area (Å²) < 4.78 is 10.9. The minimum absolute atomic E-state index is 0.346. The smallest absolute Gasteiger partial charge is 0.319 e. The van der Waals surface area contributed by atoms with Crippen molar-refractivity contribution in [1.29, 1.82) is 0 Å². The van der Waals surface area contributed by atoms with Crippen LogP contribution in [-0.4, -0.2) is 26.3 Å². The standard InChI is InChI=1S/C19H23ClN2O3/c1-12-9-14(3)18(10-13(12)2)25-8-7-21-19(23)22-16-11-15(20)5-6-17(16)24-4/h5-6,9-11H,7-8H2,1-4H3,(H2,21,22,23). The minimum atomic E-state index is -0.346. The van der Waals surface area contributed by atoms with Crippen LogP contribution < -0.4 is 20.1 Å². The Kier molecular flexibility index (Phi) is 6.53. The highest BCUT2D eigenvalue weighted by Crippen LogP contribution is 2.27. The molecule has 5 nitrogen and oxygen atoms in total. The summed E-state index contributed by atoms with van der Waals surface area (Å²) in [7, 11) is 1.53. The molecule has 2 rings (SSSR count). The molecule has 0 spiro atoms. The fourth-order valence-corrected chi connectivity index (χ4v) is 2.53. The van der Waals surface area contributed by atoms with E-state index in [0.29, 0.717) is 29.6 Å². The maximum absolute atomic E-state index is 12.0. The molecule has 0 radical (unpaired) electrons. The first-order valence-electron chi connectivity index (χ1n) is 7.99. The summed E-state index contributed by atoms with van der Waals surface area (Å²) in [6.07, 6.45) is 0. The molecule has 0 heterocycles. The molecule has 134 valence electrons. The number of amides is 2. The average Bonchev–Trinajstić information content (AvgIpc) is 2.56. The van der Waals surface area contributed by atoms with Gasteiger partial charge in [0.25, 0.3) is 0 Å².